The van der Waals surface area contributed by atoms with Gasteiger partial charge in [0, 0.05) is 36.2 Å². The number of pyridine rings is 1. The monoisotopic (exact) mass is 381 g/mol. The van der Waals surface area contributed by atoms with E-state index in [4.69, 9.17) is 0 Å². The van der Waals surface area contributed by atoms with Crippen LogP contribution in [-0.4, -0.2) is 16.9 Å². The van der Waals surface area contributed by atoms with Gasteiger partial charge in [-0.1, -0.05) is 30.3 Å². The number of amides is 1. The second kappa shape index (κ2) is 8.61. The number of nitrogens with one attached hydrogen (secondary N) is 1. The average molecular weight is 381 g/mol. The molecule has 0 saturated carbocycles. The molecule has 0 fully saturated rings. The lowest BCUT2D eigenvalue weighted by Crippen LogP contribution is -2.30. The molecule has 1 N–H and O–H groups in total. The molecule has 28 heavy (non-hydrogen) atoms. The maximum atomic E-state index is 13.3. The van der Waals surface area contributed by atoms with Gasteiger partial charge in [-0.15, -0.1) is 0 Å². The molecule has 1 heterocycles. The van der Waals surface area contributed by atoms with Gasteiger partial charge >= 0.3 is 0 Å². The van der Waals surface area contributed by atoms with E-state index in [1.54, 1.807) is 12.3 Å². The number of hydrogen-bond donors (Lipinski definition) is 1. The molecule has 0 aliphatic carbocycles. The smallest absolute Gasteiger partial charge is 0.274 e. The number of anilines is 2. The van der Waals surface area contributed by atoms with E-state index in [1.165, 1.54) is 6.07 Å². The maximum Gasteiger partial charge on any atom is 0.274 e. The van der Waals surface area contributed by atoms with Crippen LogP contribution in [0.2, 0.25) is 0 Å². The molecule has 0 atom stereocenters. The molecule has 1 amide bonds. The van der Waals surface area contributed by atoms with Gasteiger partial charge in [0.05, 0.1) is 0 Å². The molecule has 1 aromatic heterocycles. The van der Waals surface area contributed by atoms with Gasteiger partial charge in [0.2, 0.25) is 0 Å². The fourth-order valence-corrected chi connectivity index (χ4v) is 2.84. The number of aromatic nitrogens is 1. The molecule has 0 saturated heterocycles. The minimum absolute atomic E-state index is 0.168. The Morgan fingerprint density at radius 3 is 2.46 bits per heavy atom. The molecule has 3 rings (SSSR count). The zero-order valence-electron chi connectivity index (χ0n) is 15.7. The molecule has 0 unspecified atom stereocenters. The van der Waals surface area contributed by atoms with Crippen molar-refractivity contribution in [3.05, 3.63) is 89.8 Å². The lowest BCUT2D eigenvalue weighted by molar-refractivity contribution is 0.102. The molecule has 6 heteroatoms. The van der Waals surface area contributed by atoms with Crippen molar-refractivity contribution in [2.45, 2.75) is 26.4 Å². The first-order valence-corrected chi connectivity index (χ1v) is 8.97. The highest BCUT2D eigenvalue weighted by Gasteiger charge is 2.15. The number of carbonyl (C=O) groups is 1. The van der Waals surface area contributed by atoms with Crippen LogP contribution >= 0.6 is 0 Å². The molecule has 0 aliphatic heterocycles. The summed E-state index contributed by atoms with van der Waals surface area (Å²) in [6, 6.07) is 17.0. The molecule has 0 bridgehead atoms. The van der Waals surface area contributed by atoms with Gasteiger partial charge in [-0.25, -0.2) is 8.78 Å². The minimum atomic E-state index is -1.02. The van der Waals surface area contributed by atoms with Crippen LogP contribution in [0.15, 0.2) is 66.9 Å². The van der Waals surface area contributed by atoms with Gasteiger partial charge < -0.3 is 10.2 Å². The quantitative estimate of drug-likeness (QED) is 0.652. The van der Waals surface area contributed by atoms with Crippen LogP contribution in [0.25, 0.3) is 0 Å². The first kappa shape index (κ1) is 19.5. The van der Waals surface area contributed by atoms with Crippen molar-refractivity contribution in [3.63, 3.8) is 0 Å². The van der Waals surface area contributed by atoms with E-state index in [0.717, 1.165) is 23.4 Å². The summed E-state index contributed by atoms with van der Waals surface area (Å²) in [6.07, 6.45) is 1.57. The summed E-state index contributed by atoms with van der Waals surface area (Å²) in [4.78, 5) is 18.8. The van der Waals surface area contributed by atoms with E-state index < -0.39 is 17.5 Å². The zero-order valence-corrected chi connectivity index (χ0v) is 15.7. The van der Waals surface area contributed by atoms with Crippen molar-refractivity contribution < 1.29 is 13.6 Å². The molecular formula is C22H21F2N3O. The van der Waals surface area contributed by atoms with E-state index in [-0.39, 0.29) is 17.4 Å². The minimum Gasteiger partial charge on any atom is -0.365 e. The number of rotatable bonds is 6. The summed E-state index contributed by atoms with van der Waals surface area (Å²) < 4.78 is 26.4. The number of halogens is 2. The van der Waals surface area contributed by atoms with Crippen molar-refractivity contribution in [3.8, 4) is 0 Å². The SMILES string of the molecule is CC(C)N(Cc1ccccc1)c1ccnc(C(=O)Nc2ccc(F)c(F)c2)c1. The molecule has 3 aromatic rings. The van der Waals surface area contributed by atoms with Crippen LogP contribution in [-0.2, 0) is 6.54 Å². The molecule has 4 nitrogen and oxygen atoms in total. The fourth-order valence-electron chi connectivity index (χ4n) is 2.84. The Hall–Kier alpha value is -3.28. The van der Waals surface area contributed by atoms with E-state index in [0.29, 0.717) is 6.54 Å². The molecule has 2 aromatic carbocycles. The van der Waals surface area contributed by atoms with Crippen LogP contribution in [0.4, 0.5) is 20.2 Å². The largest absolute Gasteiger partial charge is 0.365 e. The Labute approximate surface area is 162 Å². The van der Waals surface area contributed by atoms with Crippen molar-refractivity contribution in [1.29, 1.82) is 0 Å². The second-order valence-corrected chi connectivity index (χ2v) is 6.69. The van der Waals surface area contributed by atoms with Crippen LogP contribution in [0.1, 0.15) is 29.9 Å². The summed E-state index contributed by atoms with van der Waals surface area (Å²) in [7, 11) is 0. The Morgan fingerprint density at radius 2 is 1.79 bits per heavy atom. The standard InChI is InChI=1S/C22H21F2N3O/c1-15(2)27(14-16-6-4-3-5-7-16)18-10-11-25-21(13-18)22(28)26-17-8-9-19(23)20(24)12-17/h3-13,15H,14H2,1-2H3,(H,26,28). The summed E-state index contributed by atoms with van der Waals surface area (Å²) in [6.45, 7) is 4.83. The Kier molecular flexibility index (Phi) is 5.99. The van der Waals surface area contributed by atoms with Gasteiger partial charge in [0.15, 0.2) is 11.6 Å². The zero-order chi connectivity index (χ0) is 20.1. The molecule has 0 aliphatic rings. The molecule has 0 spiro atoms. The first-order valence-electron chi connectivity index (χ1n) is 8.97. The van der Waals surface area contributed by atoms with Gasteiger partial charge in [-0.2, -0.15) is 0 Å². The molecule has 144 valence electrons. The molecule has 0 radical (unpaired) electrons. The fraction of sp³-hybridized carbons (Fsp3) is 0.182. The predicted molar refractivity (Wildman–Crippen MR) is 106 cm³/mol. The lowest BCUT2D eigenvalue weighted by Gasteiger charge is -2.29. The van der Waals surface area contributed by atoms with Gasteiger partial charge in [-0.3, -0.25) is 9.78 Å². The number of carbonyl (C=O) groups excluding carboxylic acids is 1. The highest BCUT2D eigenvalue weighted by Crippen LogP contribution is 2.21. The van der Waals surface area contributed by atoms with Gasteiger partial charge in [0.1, 0.15) is 5.69 Å². The van der Waals surface area contributed by atoms with E-state index in [9.17, 15) is 13.6 Å². The van der Waals surface area contributed by atoms with E-state index >= 15 is 0 Å². The Bertz CT molecular complexity index is 961. The normalized spacial score (nSPS) is 10.8. The summed E-state index contributed by atoms with van der Waals surface area (Å²) in [5, 5.41) is 2.54. The number of hydrogen-bond acceptors (Lipinski definition) is 3. The summed E-state index contributed by atoms with van der Waals surface area (Å²) >= 11 is 0. The van der Waals surface area contributed by atoms with Crippen molar-refractivity contribution >= 4 is 17.3 Å². The van der Waals surface area contributed by atoms with Gasteiger partial charge in [-0.05, 0) is 43.7 Å². The Morgan fingerprint density at radius 1 is 1.04 bits per heavy atom. The average Bonchev–Trinajstić information content (AvgIpc) is 2.69. The van der Waals surface area contributed by atoms with Crippen molar-refractivity contribution in [1.82, 2.24) is 4.98 Å². The van der Waals surface area contributed by atoms with E-state index in [2.05, 4.69) is 29.0 Å². The van der Waals surface area contributed by atoms with Crippen LogP contribution in [0, 0.1) is 11.6 Å². The third kappa shape index (κ3) is 4.71. The first-order chi connectivity index (χ1) is 13.4. The van der Waals surface area contributed by atoms with Crippen LogP contribution in [0.5, 0.6) is 0 Å². The third-order valence-electron chi connectivity index (χ3n) is 4.30. The predicted octanol–water partition coefficient (Wildman–Crippen LogP) is 5.03. The van der Waals surface area contributed by atoms with Crippen molar-refractivity contribution in [2.24, 2.45) is 0 Å². The van der Waals surface area contributed by atoms with Crippen LogP contribution in [0.3, 0.4) is 0 Å². The summed E-state index contributed by atoms with van der Waals surface area (Å²) in [5.74, 6) is -2.48. The van der Waals surface area contributed by atoms with E-state index in [1.807, 2.05) is 36.4 Å². The van der Waals surface area contributed by atoms with Crippen LogP contribution < -0.4 is 10.2 Å². The highest BCUT2D eigenvalue weighted by atomic mass is 19.2. The number of nitrogens with zero attached hydrogens (tertiary/aromatic N) is 2. The topological polar surface area (TPSA) is 45.2 Å². The molecular weight excluding hydrogens is 360 g/mol. The Balaban J connectivity index is 1.81. The maximum absolute atomic E-state index is 13.3. The second-order valence-electron chi connectivity index (χ2n) is 6.69. The van der Waals surface area contributed by atoms with Gasteiger partial charge in [0.25, 0.3) is 5.91 Å². The third-order valence-corrected chi connectivity index (χ3v) is 4.30. The highest BCUT2D eigenvalue weighted by molar-refractivity contribution is 6.03. The number of benzene rings is 2. The summed E-state index contributed by atoms with van der Waals surface area (Å²) in [5.41, 5.74) is 2.37. The van der Waals surface area contributed by atoms with Crippen molar-refractivity contribution in [2.75, 3.05) is 10.2 Å². The lowest BCUT2D eigenvalue weighted by atomic mass is 10.1.